The molecule has 0 aromatic heterocycles. The zero-order valence-corrected chi connectivity index (χ0v) is 7.89. The fourth-order valence-corrected chi connectivity index (χ4v) is 0.980. The molecule has 0 fully saturated rings. The van der Waals surface area contributed by atoms with Crippen LogP contribution in [0.25, 0.3) is 0 Å². The predicted molar refractivity (Wildman–Crippen MR) is 53.5 cm³/mol. The molecule has 70 valence electrons. The summed E-state index contributed by atoms with van der Waals surface area (Å²) in [5.41, 5.74) is 0.521. The van der Waals surface area contributed by atoms with Gasteiger partial charge in [0.25, 0.3) is 0 Å². The number of rotatable bonds is 1. The van der Waals surface area contributed by atoms with Gasteiger partial charge in [-0.05, 0) is 0 Å². The normalized spacial score (nSPS) is 16.4. The van der Waals surface area contributed by atoms with Crippen LogP contribution in [0.3, 0.4) is 0 Å². The lowest BCUT2D eigenvalue weighted by Gasteiger charge is -2.27. The predicted octanol–water partition coefficient (Wildman–Crippen LogP) is 1.49. The first-order valence-electron chi connectivity index (χ1n) is 4.12. The average Bonchev–Trinajstić information content (AvgIpc) is 2.08. The van der Waals surface area contributed by atoms with Crippen LogP contribution in [0.4, 0.5) is 0 Å². The van der Waals surface area contributed by atoms with E-state index in [1.54, 1.807) is 12.4 Å². The van der Waals surface area contributed by atoms with E-state index < -0.39 is 0 Å². The maximum absolute atomic E-state index is 7.72. The van der Waals surface area contributed by atoms with Gasteiger partial charge in [0.2, 0.25) is 0 Å². The highest BCUT2D eigenvalue weighted by Gasteiger charge is 2.19. The Bertz CT molecular complexity index is 288. The van der Waals surface area contributed by atoms with Gasteiger partial charge in [-0.3, -0.25) is 15.7 Å². The first-order valence-corrected chi connectivity index (χ1v) is 4.12. The van der Waals surface area contributed by atoms with E-state index in [1.807, 2.05) is 13.8 Å². The minimum absolute atomic E-state index is 0.107. The topological polar surface area (TPSA) is 63.0 Å². The maximum atomic E-state index is 7.72. The van der Waals surface area contributed by atoms with Crippen molar-refractivity contribution >= 4 is 11.7 Å². The molecular weight excluding hydrogens is 164 g/mol. The third-order valence-corrected chi connectivity index (χ3v) is 1.81. The summed E-state index contributed by atoms with van der Waals surface area (Å²) in [4.78, 5) is 1.52. The summed E-state index contributed by atoms with van der Waals surface area (Å²) < 4.78 is 0. The fourth-order valence-electron chi connectivity index (χ4n) is 0.980. The second-order valence-corrected chi connectivity index (χ2v) is 3.20. The Morgan fingerprint density at radius 1 is 1.62 bits per heavy atom. The first-order chi connectivity index (χ1) is 6.04. The van der Waals surface area contributed by atoms with Crippen molar-refractivity contribution in [2.45, 2.75) is 13.8 Å². The summed E-state index contributed by atoms with van der Waals surface area (Å²) >= 11 is 0. The number of hydrogen-bond acceptors (Lipinski definition) is 3. The average molecular weight is 178 g/mol. The lowest BCUT2D eigenvalue weighted by atomic mass is 10.1. The Morgan fingerprint density at radius 2 is 2.23 bits per heavy atom. The molecule has 0 aliphatic carbocycles. The van der Waals surface area contributed by atoms with Gasteiger partial charge in [-0.2, -0.15) is 0 Å². The van der Waals surface area contributed by atoms with Crippen LogP contribution in [0.15, 0.2) is 24.7 Å². The van der Waals surface area contributed by atoms with Crippen molar-refractivity contribution in [2.24, 2.45) is 5.92 Å². The van der Waals surface area contributed by atoms with Crippen LogP contribution >= 0.6 is 0 Å². The standard InChI is InChI=1S/C9H14N4/c1-6(2)8(10)13-5-4-12-7(3)9(13)11/h4-6,10-12H,3H2,1-2H3. The van der Waals surface area contributed by atoms with Crippen LogP contribution in [0.1, 0.15) is 13.8 Å². The molecule has 0 saturated carbocycles. The lowest BCUT2D eigenvalue weighted by Crippen LogP contribution is -2.40. The molecule has 3 N–H and O–H groups in total. The molecule has 1 aliphatic heterocycles. The molecule has 0 aromatic rings. The Labute approximate surface area is 78.0 Å². The van der Waals surface area contributed by atoms with Gasteiger partial charge >= 0.3 is 0 Å². The summed E-state index contributed by atoms with van der Waals surface area (Å²) in [6, 6.07) is 0. The largest absolute Gasteiger partial charge is 0.358 e. The molecule has 0 bridgehead atoms. The number of hydrogen-bond donors (Lipinski definition) is 3. The zero-order valence-electron chi connectivity index (χ0n) is 7.89. The first kappa shape index (κ1) is 9.51. The van der Waals surface area contributed by atoms with Crippen molar-refractivity contribution in [1.82, 2.24) is 10.2 Å². The molecule has 0 amide bonds. The van der Waals surface area contributed by atoms with Crippen LogP contribution < -0.4 is 5.32 Å². The number of nitrogens with zero attached hydrogens (tertiary/aromatic N) is 1. The molecule has 0 spiro atoms. The molecule has 1 rings (SSSR count). The Morgan fingerprint density at radius 3 is 2.77 bits per heavy atom. The van der Waals surface area contributed by atoms with E-state index in [4.69, 9.17) is 10.8 Å². The van der Waals surface area contributed by atoms with Gasteiger partial charge in [-0.25, -0.2) is 0 Å². The third-order valence-electron chi connectivity index (χ3n) is 1.81. The summed E-state index contributed by atoms with van der Waals surface area (Å²) in [6.45, 7) is 7.51. The minimum atomic E-state index is 0.107. The van der Waals surface area contributed by atoms with Gasteiger partial charge in [0.15, 0.2) is 5.84 Å². The lowest BCUT2D eigenvalue weighted by molar-refractivity contribution is 0.685. The Hall–Kier alpha value is -1.58. The monoisotopic (exact) mass is 178 g/mol. The molecule has 4 heteroatoms. The van der Waals surface area contributed by atoms with E-state index in [2.05, 4.69) is 11.9 Å². The van der Waals surface area contributed by atoms with E-state index in [0.29, 0.717) is 11.5 Å². The van der Waals surface area contributed by atoms with E-state index in [-0.39, 0.29) is 11.8 Å². The smallest absolute Gasteiger partial charge is 0.153 e. The molecule has 1 heterocycles. The van der Waals surface area contributed by atoms with E-state index in [1.165, 1.54) is 4.90 Å². The minimum Gasteiger partial charge on any atom is -0.358 e. The molecule has 0 aromatic carbocycles. The van der Waals surface area contributed by atoms with Crippen molar-refractivity contribution in [3.05, 3.63) is 24.7 Å². The maximum Gasteiger partial charge on any atom is 0.153 e. The van der Waals surface area contributed by atoms with Gasteiger partial charge in [0.05, 0.1) is 5.70 Å². The Kier molecular flexibility index (Phi) is 2.51. The van der Waals surface area contributed by atoms with Crippen LogP contribution in [-0.2, 0) is 0 Å². The van der Waals surface area contributed by atoms with Crippen LogP contribution in [0.5, 0.6) is 0 Å². The van der Waals surface area contributed by atoms with Gasteiger partial charge < -0.3 is 5.32 Å². The van der Waals surface area contributed by atoms with Gasteiger partial charge in [-0.1, -0.05) is 20.4 Å². The molecule has 13 heavy (non-hydrogen) atoms. The van der Waals surface area contributed by atoms with Crippen molar-refractivity contribution in [1.29, 1.82) is 10.8 Å². The molecule has 0 unspecified atom stereocenters. The van der Waals surface area contributed by atoms with E-state index in [0.717, 1.165) is 0 Å². The van der Waals surface area contributed by atoms with E-state index in [9.17, 15) is 0 Å². The second kappa shape index (κ2) is 3.43. The highest BCUT2D eigenvalue weighted by Crippen LogP contribution is 2.09. The molecule has 0 saturated heterocycles. The Balaban J connectivity index is 2.86. The number of nitrogens with one attached hydrogen (secondary N) is 3. The SMILES string of the molecule is C=C1NC=CN(C(=N)C(C)C)C1=N. The third kappa shape index (κ3) is 1.77. The summed E-state index contributed by atoms with van der Waals surface area (Å²) in [5, 5.41) is 18.2. The summed E-state index contributed by atoms with van der Waals surface area (Å²) in [6.07, 6.45) is 3.34. The molecule has 0 radical (unpaired) electrons. The van der Waals surface area contributed by atoms with Crippen molar-refractivity contribution in [2.75, 3.05) is 0 Å². The fraction of sp³-hybridized carbons (Fsp3) is 0.333. The van der Waals surface area contributed by atoms with Gasteiger partial charge in [0, 0.05) is 18.3 Å². The van der Waals surface area contributed by atoms with Gasteiger partial charge in [-0.15, -0.1) is 0 Å². The zero-order chi connectivity index (χ0) is 10.0. The van der Waals surface area contributed by atoms with Crippen molar-refractivity contribution < 1.29 is 0 Å². The molecule has 1 aliphatic rings. The highest BCUT2D eigenvalue weighted by atomic mass is 15.2. The quantitative estimate of drug-likeness (QED) is 0.420. The molecule has 0 atom stereocenters. The highest BCUT2D eigenvalue weighted by molar-refractivity contribution is 6.08. The molecular formula is C9H14N4. The van der Waals surface area contributed by atoms with Crippen LogP contribution in [0.2, 0.25) is 0 Å². The van der Waals surface area contributed by atoms with Crippen LogP contribution in [0, 0.1) is 16.7 Å². The van der Waals surface area contributed by atoms with Crippen molar-refractivity contribution in [3.8, 4) is 0 Å². The van der Waals surface area contributed by atoms with E-state index >= 15 is 0 Å². The van der Waals surface area contributed by atoms with Crippen LogP contribution in [-0.4, -0.2) is 16.6 Å². The van der Waals surface area contributed by atoms with Crippen molar-refractivity contribution in [3.63, 3.8) is 0 Å². The van der Waals surface area contributed by atoms with Gasteiger partial charge in [0.1, 0.15) is 5.84 Å². The summed E-state index contributed by atoms with van der Waals surface area (Å²) in [5.74, 6) is 0.751. The molecule has 4 nitrogen and oxygen atoms in total. The number of amidine groups is 2. The summed E-state index contributed by atoms with van der Waals surface area (Å²) in [7, 11) is 0. The second-order valence-electron chi connectivity index (χ2n) is 3.20.